The molecule has 0 aromatic heterocycles. The third-order valence-electron chi connectivity index (χ3n) is 5.90. The van der Waals surface area contributed by atoms with Gasteiger partial charge in [-0.1, -0.05) is 42.5 Å². The Kier molecular flexibility index (Phi) is 6.58. The zero-order valence-corrected chi connectivity index (χ0v) is 19.3. The molecule has 1 heterocycles. The molecule has 0 bridgehead atoms. The summed E-state index contributed by atoms with van der Waals surface area (Å²) in [6, 6.07) is 7.40. The average molecular weight is 499 g/mol. The summed E-state index contributed by atoms with van der Waals surface area (Å²) in [5.74, 6) is -1.71. The van der Waals surface area contributed by atoms with Crippen molar-refractivity contribution in [3.05, 3.63) is 58.3 Å². The van der Waals surface area contributed by atoms with Gasteiger partial charge in [-0.25, -0.2) is 17.7 Å². The lowest BCUT2D eigenvalue weighted by molar-refractivity contribution is -0.122. The molecule has 0 radical (unpaired) electrons. The molecule has 1 atom stereocenters. The number of nitrogens with zero attached hydrogens (tertiary/aromatic N) is 2. The van der Waals surface area contributed by atoms with Crippen molar-refractivity contribution in [1.82, 2.24) is 4.31 Å². The molecule has 6 nitrogen and oxygen atoms in total. The normalized spacial score (nSPS) is 20.4. The van der Waals surface area contributed by atoms with E-state index in [9.17, 15) is 22.4 Å². The molecule has 1 aliphatic carbocycles. The summed E-state index contributed by atoms with van der Waals surface area (Å²) in [5, 5.41) is 0.181. The molecule has 2 amide bonds. The number of anilines is 1. The van der Waals surface area contributed by atoms with Gasteiger partial charge in [-0.2, -0.15) is 4.31 Å². The molecular weight excluding hydrogens is 478 g/mol. The maximum atomic E-state index is 13.8. The molecule has 2 aliphatic rings. The van der Waals surface area contributed by atoms with Gasteiger partial charge in [0.15, 0.2) is 0 Å². The van der Waals surface area contributed by atoms with Gasteiger partial charge < -0.3 is 0 Å². The first-order valence-electron chi connectivity index (χ1n) is 10.3. The fourth-order valence-electron chi connectivity index (χ4n) is 4.42. The quantitative estimate of drug-likeness (QED) is 0.555. The fraction of sp³-hybridized carbons (Fsp3) is 0.364. The van der Waals surface area contributed by atoms with Crippen molar-refractivity contribution < 1.29 is 22.4 Å². The van der Waals surface area contributed by atoms with Crippen molar-refractivity contribution >= 4 is 50.7 Å². The molecule has 0 spiro atoms. The molecule has 170 valence electrons. The number of carbonyl (C=O) groups excluding carboxylic acids is 2. The van der Waals surface area contributed by atoms with E-state index in [0.29, 0.717) is 12.8 Å². The number of hydrogen-bond acceptors (Lipinski definition) is 4. The monoisotopic (exact) mass is 498 g/mol. The predicted octanol–water partition coefficient (Wildman–Crippen LogP) is 4.79. The van der Waals surface area contributed by atoms with Crippen LogP contribution in [0.1, 0.15) is 38.5 Å². The van der Waals surface area contributed by atoms with Crippen molar-refractivity contribution in [3.63, 3.8) is 0 Å². The van der Waals surface area contributed by atoms with Crippen molar-refractivity contribution in [2.24, 2.45) is 0 Å². The van der Waals surface area contributed by atoms with E-state index < -0.39 is 39.7 Å². The van der Waals surface area contributed by atoms with Crippen LogP contribution in [0.25, 0.3) is 0 Å². The van der Waals surface area contributed by atoms with Crippen molar-refractivity contribution in [3.8, 4) is 0 Å². The maximum absolute atomic E-state index is 13.8. The molecule has 1 saturated carbocycles. The fourth-order valence-corrected chi connectivity index (χ4v) is 6.99. The van der Waals surface area contributed by atoms with E-state index >= 15 is 0 Å². The Balaban J connectivity index is 1.77. The average Bonchev–Trinajstić information content (AvgIpc) is 3.05. The van der Waals surface area contributed by atoms with Gasteiger partial charge in [-0.3, -0.25) is 9.59 Å². The molecule has 2 aromatic rings. The number of benzene rings is 2. The van der Waals surface area contributed by atoms with Crippen LogP contribution in [0, 0.1) is 5.82 Å². The Morgan fingerprint density at radius 2 is 1.62 bits per heavy atom. The van der Waals surface area contributed by atoms with Gasteiger partial charge in [0.1, 0.15) is 16.8 Å². The molecule has 2 fully saturated rings. The van der Waals surface area contributed by atoms with Crippen LogP contribution < -0.4 is 4.90 Å². The van der Waals surface area contributed by atoms with Gasteiger partial charge in [0.2, 0.25) is 15.9 Å². The second kappa shape index (κ2) is 9.09. The van der Waals surface area contributed by atoms with Crippen LogP contribution in [0.2, 0.25) is 10.0 Å². The minimum absolute atomic E-state index is 0.0117. The van der Waals surface area contributed by atoms with Crippen LogP contribution in [0.5, 0.6) is 0 Å². The highest BCUT2D eigenvalue weighted by Gasteiger charge is 2.49. The summed E-state index contributed by atoms with van der Waals surface area (Å²) in [7, 11) is -4.25. The van der Waals surface area contributed by atoms with E-state index in [0.717, 1.165) is 40.6 Å². The van der Waals surface area contributed by atoms with E-state index in [-0.39, 0.29) is 27.0 Å². The summed E-state index contributed by atoms with van der Waals surface area (Å²) in [6.07, 6.45) is 3.45. The first kappa shape index (κ1) is 23.2. The van der Waals surface area contributed by atoms with Crippen molar-refractivity contribution in [2.75, 3.05) is 4.90 Å². The molecule has 32 heavy (non-hydrogen) atoms. The lowest BCUT2D eigenvalue weighted by Crippen LogP contribution is -2.51. The summed E-state index contributed by atoms with van der Waals surface area (Å²) >= 11 is 12.3. The van der Waals surface area contributed by atoms with Gasteiger partial charge in [-0.15, -0.1) is 0 Å². The number of rotatable bonds is 5. The number of halogens is 3. The lowest BCUT2D eigenvalue weighted by Gasteiger charge is -2.36. The molecule has 1 unspecified atom stereocenters. The van der Waals surface area contributed by atoms with Gasteiger partial charge in [-0.05, 0) is 55.3 Å². The number of hydrogen-bond donors (Lipinski definition) is 0. The summed E-state index contributed by atoms with van der Waals surface area (Å²) in [4.78, 5) is 26.9. The SMILES string of the molecule is O=C1CC(N(C2CCCCC2)S(=O)(=O)c2cc(Cl)ccc2Cl)C(=O)N1c1ccc(F)cc1. The van der Waals surface area contributed by atoms with E-state index in [4.69, 9.17) is 23.2 Å². The first-order chi connectivity index (χ1) is 15.2. The van der Waals surface area contributed by atoms with E-state index in [1.807, 2.05) is 0 Å². The van der Waals surface area contributed by atoms with Crippen LogP contribution in [-0.2, 0) is 19.6 Å². The largest absolute Gasteiger partial charge is 0.274 e. The lowest BCUT2D eigenvalue weighted by atomic mass is 9.94. The Morgan fingerprint density at radius 1 is 0.969 bits per heavy atom. The summed E-state index contributed by atoms with van der Waals surface area (Å²) in [6.45, 7) is 0. The highest BCUT2D eigenvalue weighted by atomic mass is 35.5. The Morgan fingerprint density at radius 3 is 2.28 bits per heavy atom. The van der Waals surface area contributed by atoms with Crippen LogP contribution in [0.4, 0.5) is 10.1 Å². The molecule has 2 aromatic carbocycles. The van der Waals surface area contributed by atoms with Gasteiger partial charge in [0.05, 0.1) is 17.1 Å². The number of imide groups is 1. The third kappa shape index (κ3) is 4.29. The first-order valence-corrected chi connectivity index (χ1v) is 12.5. The molecular formula is C22H21Cl2FN2O4S. The number of sulfonamides is 1. The Bertz CT molecular complexity index is 1150. The van der Waals surface area contributed by atoms with Crippen LogP contribution >= 0.6 is 23.2 Å². The molecule has 1 saturated heterocycles. The van der Waals surface area contributed by atoms with Crippen molar-refractivity contribution in [1.29, 1.82) is 0 Å². The Hall–Kier alpha value is -2.00. The number of carbonyl (C=O) groups is 2. The summed E-state index contributed by atoms with van der Waals surface area (Å²) < 4.78 is 42.1. The van der Waals surface area contributed by atoms with Crippen LogP contribution in [0.15, 0.2) is 47.4 Å². The topological polar surface area (TPSA) is 74.8 Å². The molecule has 10 heteroatoms. The molecule has 0 N–H and O–H groups in total. The van der Waals surface area contributed by atoms with Gasteiger partial charge in [0.25, 0.3) is 5.91 Å². The zero-order valence-electron chi connectivity index (χ0n) is 17.0. The summed E-state index contributed by atoms with van der Waals surface area (Å²) in [5.41, 5.74) is 0.200. The van der Waals surface area contributed by atoms with Gasteiger partial charge in [0, 0.05) is 11.1 Å². The maximum Gasteiger partial charge on any atom is 0.252 e. The van der Waals surface area contributed by atoms with Crippen LogP contribution in [-0.4, -0.2) is 36.6 Å². The smallest absolute Gasteiger partial charge is 0.252 e. The second-order valence-electron chi connectivity index (χ2n) is 7.97. The van der Waals surface area contributed by atoms with Gasteiger partial charge >= 0.3 is 0 Å². The van der Waals surface area contributed by atoms with Crippen LogP contribution in [0.3, 0.4) is 0 Å². The zero-order chi connectivity index (χ0) is 23.0. The highest BCUT2D eigenvalue weighted by Crippen LogP contribution is 2.37. The number of amides is 2. The standard InChI is InChI=1S/C22H21Cl2FN2O4S/c23-14-6-11-18(24)20(12-14)32(30,31)27(17-4-2-1-3-5-17)19-13-21(28)26(22(19)29)16-9-7-15(25)8-10-16/h6-12,17,19H,1-5,13H2. The van der Waals surface area contributed by atoms with E-state index in [1.54, 1.807) is 0 Å². The highest BCUT2D eigenvalue weighted by molar-refractivity contribution is 7.89. The molecule has 4 rings (SSSR count). The van der Waals surface area contributed by atoms with E-state index in [2.05, 4.69) is 0 Å². The minimum atomic E-state index is -4.25. The third-order valence-corrected chi connectivity index (χ3v) is 8.58. The predicted molar refractivity (Wildman–Crippen MR) is 120 cm³/mol. The molecule has 1 aliphatic heterocycles. The minimum Gasteiger partial charge on any atom is -0.274 e. The second-order valence-corrected chi connectivity index (χ2v) is 10.6. The van der Waals surface area contributed by atoms with Crippen molar-refractivity contribution in [2.45, 2.75) is 55.5 Å². The van der Waals surface area contributed by atoms with E-state index in [1.165, 1.54) is 30.3 Å². The Labute approximate surface area is 196 Å².